The van der Waals surface area contributed by atoms with Crippen molar-refractivity contribution in [2.24, 2.45) is 5.92 Å². The molecule has 4 heterocycles. The SMILES string of the molecule is Cc1ccnc(C(NC(=O)c2cnc3c(c2)ncn3C2CCOCC2)C2CC2)c1. The molecule has 150 valence electrons. The summed E-state index contributed by atoms with van der Waals surface area (Å²) in [4.78, 5) is 26.5. The predicted octanol–water partition coefficient (Wildman–Crippen LogP) is 3.37. The van der Waals surface area contributed by atoms with Gasteiger partial charge in [-0.3, -0.25) is 9.78 Å². The van der Waals surface area contributed by atoms with Crippen molar-refractivity contribution in [1.82, 2.24) is 24.8 Å². The molecule has 1 amide bonds. The van der Waals surface area contributed by atoms with Gasteiger partial charge in [0.1, 0.15) is 5.52 Å². The molecular weight excluding hydrogens is 366 g/mol. The number of rotatable bonds is 5. The van der Waals surface area contributed by atoms with Crippen LogP contribution in [0.1, 0.15) is 59.4 Å². The van der Waals surface area contributed by atoms with Crippen molar-refractivity contribution in [3.8, 4) is 0 Å². The molecule has 29 heavy (non-hydrogen) atoms. The fourth-order valence-electron chi connectivity index (χ4n) is 4.09. The summed E-state index contributed by atoms with van der Waals surface area (Å²) in [5, 5.41) is 3.18. The molecule has 1 saturated carbocycles. The van der Waals surface area contributed by atoms with Gasteiger partial charge in [0, 0.05) is 31.6 Å². The third-order valence-corrected chi connectivity index (χ3v) is 5.89. The van der Waals surface area contributed by atoms with Crippen LogP contribution in [0.5, 0.6) is 0 Å². The van der Waals surface area contributed by atoms with Crippen LogP contribution in [0.4, 0.5) is 0 Å². The quantitative estimate of drug-likeness (QED) is 0.721. The minimum atomic E-state index is -0.125. The lowest BCUT2D eigenvalue weighted by molar-refractivity contribution is 0.0704. The minimum Gasteiger partial charge on any atom is -0.381 e. The normalized spacial score (nSPS) is 18.7. The molecule has 3 aromatic rings. The van der Waals surface area contributed by atoms with E-state index in [2.05, 4.69) is 30.9 Å². The highest BCUT2D eigenvalue weighted by atomic mass is 16.5. The summed E-state index contributed by atoms with van der Waals surface area (Å²) >= 11 is 0. The van der Waals surface area contributed by atoms with E-state index >= 15 is 0 Å². The van der Waals surface area contributed by atoms with Crippen LogP contribution in [0.3, 0.4) is 0 Å². The van der Waals surface area contributed by atoms with E-state index < -0.39 is 0 Å². The zero-order valence-corrected chi connectivity index (χ0v) is 16.5. The first-order valence-corrected chi connectivity index (χ1v) is 10.3. The first-order chi connectivity index (χ1) is 14.2. The summed E-state index contributed by atoms with van der Waals surface area (Å²) in [6, 6.07) is 6.16. The molecule has 2 fully saturated rings. The van der Waals surface area contributed by atoms with E-state index in [1.54, 1.807) is 6.20 Å². The average Bonchev–Trinajstić information content (AvgIpc) is 3.50. The number of aromatic nitrogens is 4. The molecule has 3 aromatic heterocycles. The lowest BCUT2D eigenvalue weighted by atomic mass is 10.1. The maximum absolute atomic E-state index is 13.0. The zero-order chi connectivity index (χ0) is 19.8. The fraction of sp³-hybridized carbons (Fsp3) is 0.455. The number of hydrogen-bond acceptors (Lipinski definition) is 5. The van der Waals surface area contributed by atoms with E-state index in [1.807, 2.05) is 31.6 Å². The first-order valence-electron chi connectivity index (χ1n) is 10.3. The second-order valence-corrected chi connectivity index (χ2v) is 8.11. The predicted molar refractivity (Wildman–Crippen MR) is 109 cm³/mol. The van der Waals surface area contributed by atoms with E-state index in [9.17, 15) is 4.79 Å². The van der Waals surface area contributed by atoms with E-state index in [0.717, 1.165) is 61.3 Å². The van der Waals surface area contributed by atoms with Gasteiger partial charge in [0.15, 0.2) is 5.65 Å². The molecule has 1 aliphatic carbocycles. The number of imidazole rings is 1. The van der Waals surface area contributed by atoms with Gasteiger partial charge in [0.2, 0.25) is 0 Å². The molecule has 0 radical (unpaired) electrons. The van der Waals surface area contributed by atoms with Gasteiger partial charge in [-0.25, -0.2) is 9.97 Å². The second kappa shape index (κ2) is 7.55. The van der Waals surface area contributed by atoms with E-state index in [1.165, 1.54) is 0 Å². The zero-order valence-electron chi connectivity index (χ0n) is 16.5. The largest absolute Gasteiger partial charge is 0.381 e. The van der Waals surface area contributed by atoms with Gasteiger partial charge < -0.3 is 14.6 Å². The molecule has 2 aliphatic rings. The van der Waals surface area contributed by atoms with Crippen molar-refractivity contribution in [2.75, 3.05) is 13.2 Å². The number of carbonyl (C=O) groups excluding carboxylic acids is 1. The number of aryl methyl sites for hydroxylation is 1. The molecule has 1 saturated heterocycles. The number of fused-ring (bicyclic) bond motifs is 1. The number of carbonyl (C=O) groups is 1. The smallest absolute Gasteiger partial charge is 0.253 e. The Balaban J connectivity index is 1.37. The van der Waals surface area contributed by atoms with Crippen molar-refractivity contribution in [3.05, 3.63) is 53.7 Å². The minimum absolute atomic E-state index is 0.0575. The Bertz CT molecular complexity index is 1040. The third-order valence-electron chi connectivity index (χ3n) is 5.89. The van der Waals surface area contributed by atoms with E-state index in [-0.39, 0.29) is 11.9 Å². The molecule has 7 nitrogen and oxygen atoms in total. The van der Waals surface area contributed by atoms with Crippen LogP contribution in [-0.2, 0) is 4.74 Å². The fourth-order valence-corrected chi connectivity index (χ4v) is 4.09. The number of ether oxygens (including phenoxy) is 1. The molecule has 1 aliphatic heterocycles. The number of amides is 1. The molecule has 1 unspecified atom stereocenters. The molecule has 5 rings (SSSR count). The van der Waals surface area contributed by atoms with Crippen LogP contribution in [0.15, 0.2) is 36.9 Å². The van der Waals surface area contributed by atoms with Gasteiger partial charge >= 0.3 is 0 Å². The van der Waals surface area contributed by atoms with Crippen molar-refractivity contribution in [2.45, 2.75) is 44.7 Å². The van der Waals surface area contributed by atoms with Crippen LogP contribution < -0.4 is 5.32 Å². The maximum Gasteiger partial charge on any atom is 0.253 e. The Hall–Kier alpha value is -2.80. The number of pyridine rings is 2. The summed E-state index contributed by atoms with van der Waals surface area (Å²) in [6.07, 6.45) is 9.45. The summed E-state index contributed by atoms with van der Waals surface area (Å²) < 4.78 is 7.57. The molecule has 0 spiro atoms. The lowest BCUT2D eigenvalue weighted by Gasteiger charge is -2.23. The van der Waals surface area contributed by atoms with Crippen molar-refractivity contribution in [3.63, 3.8) is 0 Å². The highest BCUT2D eigenvalue weighted by Gasteiger charge is 2.34. The van der Waals surface area contributed by atoms with Gasteiger partial charge in [-0.2, -0.15) is 0 Å². The first kappa shape index (κ1) is 18.2. The van der Waals surface area contributed by atoms with Crippen molar-refractivity contribution < 1.29 is 9.53 Å². The van der Waals surface area contributed by atoms with Crippen molar-refractivity contribution >= 4 is 17.1 Å². The van der Waals surface area contributed by atoms with E-state index in [4.69, 9.17) is 4.74 Å². The standard InChI is InChI=1S/C22H25N5O2/c1-14-4-7-23-18(10-14)20(15-2-3-15)26-22(28)16-11-19-21(24-12-16)27(13-25-19)17-5-8-29-9-6-17/h4,7,10-13,15,17,20H,2-3,5-6,8-9H2,1H3,(H,26,28). The van der Waals surface area contributed by atoms with Gasteiger partial charge in [0.25, 0.3) is 5.91 Å². The highest BCUT2D eigenvalue weighted by Crippen LogP contribution is 2.40. The average molecular weight is 391 g/mol. The molecule has 7 heteroatoms. The van der Waals surface area contributed by atoms with Gasteiger partial charge in [-0.15, -0.1) is 0 Å². The topological polar surface area (TPSA) is 81.9 Å². The van der Waals surface area contributed by atoms with Gasteiger partial charge in [0.05, 0.1) is 23.6 Å². The molecule has 0 aromatic carbocycles. The Kier molecular flexibility index (Phi) is 4.75. The summed E-state index contributed by atoms with van der Waals surface area (Å²) in [6.45, 7) is 3.57. The lowest BCUT2D eigenvalue weighted by Crippen LogP contribution is -2.30. The summed E-state index contributed by atoms with van der Waals surface area (Å²) in [7, 11) is 0. The van der Waals surface area contributed by atoms with Crippen LogP contribution in [0.25, 0.3) is 11.2 Å². The highest BCUT2D eigenvalue weighted by molar-refractivity contribution is 5.96. The summed E-state index contributed by atoms with van der Waals surface area (Å²) in [5.74, 6) is 0.331. The molecule has 1 N–H and O–H groups in total. The second-order valence-electron chi connectivity index (χ2n) is 8.11. The number of nitrogens with one attached hydrogen (secondary N) is 1. The van der Waals surface area contributed by atoms with Crippen LogP contribution in [-0.4, -0.2) is 38.6 Å². The number of hydrogen-bond donors (Lipinski definition) is 1. The van der Waals surface area contributed by atoms with Crippen LogP contribution >= 0.6 is 0 Å². The van der Waals surface area contributed by atoms with Crippen LogP contribution in [0.2, 0.25) is 0 Å². The Morgan fingerprint density at radius 2 is 2.00 bits per heavy atom. The third kappa shape index (κ3) is 3.74. The Morgan fingerprint density at radius 3 is 2.76 bits per heavy atom. The van der Waals surface area contributed by atoms with Crippen LogP contribution in [0, 0.1) is 12.8 Å². The molecule has 1 atom stereocenters. The molecule has 0 bridgehead atoms. The number of nitrogens with zero attached hydrogens (tertiary/aromatic N) is 4. The van der Waals surface area contributed by atoms with Gasteiger partial charge in [-0.05, 0) is 62.3 Å². The maximum atomic E-state index is 13.0. The monoisotopic (exact) mass is 391 g/mol. The Morgan fingerprint density at radius 1 is 1.17 bits per heavy atom. The molecular formula is C22H25N5O2. The van der Waals surface area contributed by atoms with E-state index in [0.29, 0.717) is 17.5 Å². The Labute approximate surface area is 169 Å². The summed E-state index contributed by atoms with van der Waals surface area (Å²) in [5.41, 5.74) is 4.19. The van der Waals surface area contributed by atoms with Crippen molar-refractivity contribution in [1.29, 1.82) is 0 Å². The van der Waals surface area contributed by atoms with Gasteiger partial charge in [-0.1, -0.05) is 0 Å².